The fourth-order valence-corrected chi connectivity index (χ4v) is 4.34. The van der Waals surface area contributed by atoms with Gasteiger partial charge in [0.25, 0.3) is 11.7 Å². The van der Waals surface area contributed by atoms with Crippen molar-refractivity contribution in [2.75, 3.05) is 33.8 Å². The van der Waals surface area contributed by atoms with Crippen molar-refractivity contribution in [2.45, 2.75) is 25.8 Å². The van der Waals surface area contributed by atoms with E-state index in [1.165, 1.54) is 11.3 Å². The molecule has 1 atom stereocenters. The molecule has 0 bridgehead atoms. The SMILES string of the molecule is CCCOc1ccc(C(O)=C2C(=O)C(=O)N(CCCN(C)C)[C@H]2c2cccs2)cc1. The minimum atomic E-state index is -0.637. The first kappa shape index (κ1) is 22.1. The Morgan fingerprint density at radius 1 is 1.20 bits per heavy atom. The second-order valence-corrected chi connectivity index (χ2v) is 8.52. The van der Waals surface area contributed by atoms with Gasteiger partial charge in [-0.2, -0.15) is 0 Å². The molecular weight excluding hydrogens is 400 g/mol. The van der Waals surface area contributed by atoms with Crippen LogP contribution in [-0.4, -0.2) is 60.4 Å². The number of thiophene rings is 1. The van der Waals surface area contributed by atoms with Gasteiger partial charge in [0.05, 0.1) is 18.2 Å². The van der Waals surface area contributed by atoms with E-state index in [0.29, 0.717) is 24.5 Å². The van der Waals surface area contributed by atoms with Gasteiger partial charge in [-0.1, -0.05) is 13.0 Å². The summed E-state index contributed by atoms with van der Waals surface area (Å²) in [6.45, 7) is 3.90. The van der Waals surface area contributed by atoms with Crippen molar-refractivity contribution in [1.82, 2.24) is 9.80 Å². The standard InChI is InChI=1S/C23H28N2O4S/c1-4-14-29-17-10-8-16(9-11-17)21(26)19-20(18-7-5-15-30-18)25(23(28)22(19)27)13-6-12-24(2)3/h5,7-11,15,20,26H,4,6,12-14H2,1-3H3/t20-/m0/s1. The van der Waals surface area contributed by atoms with Crippen LogP contribution < -0.4 is 4.74 Å². The molecule has 1 aliphatic rings. The number of amides is 1. The van der Waals surface area contributed by atoms with Crippen LogP contribution in [0.1, 0.15) is 36.2 Å². The number of hydrogen-bond acceptors (Lipinski definition) is 6. The number of aliphatic hydroxyl groups is 1. The van der Waals surface area contributed by atoms with Crippen molar-refractivity contribution in [3.8, 4) is 5.75 Å². The molecule has 1 N–H and O–H groups in total. The first-order valence-corrected chi connectivity index (χ1v) is 11.0. The third-order valence-corrected chi connectivity index (χ3v) is 5.88. The van der Waals surface area contributed by atoms with Crippen molar-refractivity contribution < 1.29 is 19.4 Å². The summed E-state index contributed by atoms with van der Waals surface area (Å²) in [5, 5.41) is 12.9. The maximum Gasteiger partial charge on any atom is 0.295 e. The number of likely N-dealkylation sites (tertiary alicyclic amines) is 1. The van der Waals surface area contributed by atoms with E-state index < -0.39 is 17.7 Å². The van der Waals surface area contributed by atoms with Crippen LogP contribution in [0.25, 0.3) is 5.76 Å². The highest BCUT2D eigenvalue weighted by atomic mass is 32.1. The van der Waals surface area contributed by atoms with Gasteiger partial charge in [0.2, 0.25) is 0 Å². The van der Waals surface area contributed by atoms with Crippen LogP contribution in [0.2, 0.25) is 0 Å². The summed E-state index contributed by atoms with van der Waals surface area (Å²) in [5.74, 6) is -0.644. The summed E-state index contributed by atoms with van der Waals surface area (Å²) in [6, 6.07) is 10.2. The van der Waals surface area contributed by atoms with Crippen LogP contribution in [0.3, 0.4) is 0 Å². The van der Waals surface area contributed by atoms with Crippen molar-refractivity contribution in [2.24, 2.45) is 0 Å². The van der Waals surface area contributed by atoms with E-state index in [0.717, 1.165) is 24.3 Å². The fourth-order valence-electron chi connectivity index (χ4n) is 3.50. The summed E-state index contributed by atoms with van der Waals surface area (Å²) in [4.78, 5) is 30.2. The Balaban J connectivity index is 1.95. The Morgan fingerprint density at radius 2 is 1.93 bits per heavy atom. The van der Waals surface area contributed by atoms with Gasteiger partial charge in [-0.3, -0.25) is 9.59 Å². The first-order valence-electron chi connectivity index (χ1n) is 10.1. The monoisotopic (exact) mass is 428 g/mol. The second kappa shape index (κ2) is 9.91. The molecule has 0 aliphatic carbocycles. The number of carbonyl (C=O) groups is 2. The quantitative estimate of drug-likeness (QED) is 0.373. The highest BCUT2D eigenvalue weighted by Gasteiger charge is 2.46. The highest BCUT2D eigenvalue weighted by molar-refractivity contribution is 7.10. The Labute approximate surface area is 181 Å². The van der Waals surface area contributed by atoms with E-state index in [9.17, 15) is 14.7 Å². The molecule has 2 aromatic rings. The molecule has 2 heterocycles. The van der Waals surface area contributed by atoms with Gasteiger partial charge >= 0.3 is 0 Å². The highest BCUT2D eigenvalue weighted by Crippen LogP contribution is 2.41. The van der Waals surface area contributed by atoms with E-state index in [4.69, 9.17) is 4.74 Å². The molecule has 30 heavy (non-hydrogen) atoms. The normalized spacial score (nSPS) is 18.4. The lowest BCUT2D eigenvalue weighted by molar-refractivity contribution is -0.139. The minimum Gasteiger partial charge on any atom is -0.507 e. The predicted octanol–water partition coefficient (Wildman–Crippen LogP) is 3.91. The topological polar surface area (TPSA) is 70.1 Å². The first-order chi connectivity index (χ1) is 14.4. The molecule has 1 aromatic heterocycles. The lowest BCUT2D eigenvalue weighted by Crippen LogP contribution is -2.32. The Hall–Kier alpha value is -2.64. The maximum atomic E-state index is 12.9. The lowest BCUT2D eigenvalue weighted by atomic mass is 10.00. The van der Waals surface area contributed by atoms with Crippen molar-refractivity contribution in [3.63, 3.8) is 0 Å². The molecular formula is C23H28N2O4S. The smallest absolute Gasteiger partial charge is 0.295 e. The zero-order chi connectivity index (χ0) is 21.7. The Morgan fingerprint density at radius 3 is 2.53 bits per heavy atom. The van der Waals surface area contributed by atoms with Crippen LogP contribution >= 0.6 is 11.3 Å². The summed E-state index contributed by atoms with van der Waals surface area (Å²) < 4.78 is 5.58. The van der Waals surface area contributed by atoms with Crippen LogP contribution in [0.5, 0.6) is 5.75 Å². The minimum absolute atomic E-state index is 0.148. The third-order valence-electron chi connectivity index (χ3n) is 4.96. The van der Waals surface area contributed by atoms with E-state index >= 15 is 0 Å². The number of ketones is 1. The van der Waals surface area contributed by atoms with Gasteiger partial charge in [0.15, 0.2) is 0 Å². The summed E-state index contributed by atoms with van der Waals surface area (Å²) >= 11 is 1.47. The number of nitrogens with zero attached hydrogens (tertiary/aromatic N) is 2. The third kappa shape index (κ3) is 4.74. The van der Waals surface area contributed by atoms with E-state index in [2.05, 4.69) is 0 Å². The molecule has 3 rings (SSSR count). The Kier molecular flexibility index (Phi) is 7.29. The van der Waals surface area contributed by atoms with E-state index in [-0.39, 0.29) is 11.3 Å². The van der Waals surface area contributed by atoms with Gasteiger partial charge < -0.3 is 19.6 Å². The average Bonchev–Trinajstić information content (AvgIpc) is 3.34. The summed E-state index contributed by atoms with van der Waals surface area (Å²) in [7, 11) is 3.94. The van der Waals surface area contributed by atoms with Gasteiger partial charge in [-0.25, -0.2) is 0 Å². The number of benzene rings is 1. The molecule has 7 heteroatoms. The molecule has 160 valence electrons. The number of aliphatic hydroxyl groups excluding tert-OH is 1. The molecule has 1 fully saturated rings. The van der Waals surface area contributed by atoms with Crippen molar-refractivity contribution in [3.05, 3.63) is 57.8 Å². The van der Waals surface area contributed by atoms with E-state index in [1.54, 1.807) is 29.2 Å². The fraction of sp³-hybridized carbons (Fsp3) is 0.391. The number of rotatable bonds is 9. The molecule has 1 saturated heterocycles. The van der Waals surface area contributed by atoms with Gasteiger partial charge in [0, 0.05) is 17.0 Å². The molecule has 6 nitrogen and oxygen atoms in total. The molecule has 0 unspecified atom stereocenters. The zero-order valence-corrected chi connectivity index (χ0v) is 18.4. The molecule has 0 spiro atoms. The largest absolute Gasteiger partial charge is 0.507 e. The summed E-state index contributed by atoms with van der Waals surface area (Å²) in [5.41, 5.74) is 0.640. The maximum absolute atomic E-state index is 12.9. The van der Waals surface area contributed by atoms with E-state index in [1.807, 2.05) is 43.4 Å². The number of ether oxygens (including phenoxy) is 1. The molecule has 1 amide bonds. The molecule has 0 saturated carbocycles. The number of carbonyl (C=O) groups excluding carboxylic acids is 2. The van der Waals surface area contributed by atoms with Crippen molar-refractivity contribution in [1.29, 1.82) is 0 Å². The average molecular weight is 429 g/mol. The van der Waals surface area contributed by atoms with Gasteiger partial charge in [-0.05, 0) is 69.2 Å². The second-order valence-electron chi connectivity index (χ2n) is 7.54. The van der Waals surface area contributed by atoms with Crippen molar-refractivity contribution >= 4 is 28.8 Å². The summed E-state index contributed by atoms with van der Waals surface area (Å²) in [6.07, 6.45) is 1.64. The van der Waals surface area contributed by atoms with Crippen LogP contribution in [0.15, 0.2) is 47.4 Å². The lowest BCUT2D eigenvalue weighted by Gasteiger charge is -2.24. The van der Waals surface area contributed by atoms with Crippen LogP contribution in [-0.2, 0) is 9.59 Å². The van der Waals surface area contributed by atoms with Crippen LogP contribution in [0.4, 0.5) is 0 Å². The van der Waals surface area contributed by atoms with Crippen LogP contribution in [0, 0.1) is 0 Å². The number of hydrogen-bond donors (Lipinski definition) is 1. The number of Topliss-reactive ketones (excluding diaryl/α,β-unsaturated/α-hetero) is 1. The van der Waals surface area contributed by atoms with Gasteiger partial charge in [0.1, 0.15) is 11.5 Å². The van der Waals surface area contributed by atoms with Gasteiger partial charge in [-0.15, -0.1) is 11.3 Å². The Bertz CT molecular complexity index is 904. The zero-order valence-electron chi connectivity index (χ0n) is 17.6. The molecule has 0 radical (unpaired) electrons. The molecule has 1 aromatic carbocycles. The predicted molar refractivity (Wildman–Crippen MR) is 119 cm³/mol. The molecule has 1 aliphatic heterocycles.